The molecule has 6 heteroatoms. The second-order valence-electron chi connectivity index (χ2n) is 9.06. The molecule has 0 atom stereocenters. The normalized spacial score (nSPS) is 14.9. The number of hydrogen-bond donors (Lipinski definition) is 2. The lowest BCUT2D eigenvalue weighted by Gasteiger charge is -2.41. The average molecular weight is 390 g/mol. The number of amides is 2. The largest absolute Gasteiger partial charge is 0.444 e. The van der Waals surface area contributed by atoms with Gasteiger partial charge in [0.1, 0.15) is 5.60 Å². The smallest absolute Gasteiger partial charge is 0.407 e. The number of nitrogens with zero attached hydrogens (tertiary/aromatic N) is 1. The van der Waals surface area contributed by atoms with E-state index in [1.165, 1.54) is 11.1 Å². The Kier molecular flexibility index (Phi) is 7.47. The van der Waals surface area contributed by atoms with Crippen molar-refractivity contribution >= 4 is 12.0 Å². The molecule has 0 radical (unpaired) electrons. The van der Waals surface area contributed by atoms with E-state index >= 15 is 0 Å². The van der Waals surface area contributed by atoms with Crippen molar-refractivity contribution in [3.05, 3.63) is 35.4 Å². The molecule has 1 aromatic carbocycles. The lowest BCUT2D eigenvalue weighted by Crippen LogP contribution is -2.53. The van der Waals surface area contributed by atoms with Gasteiger partial charge in [-0.15, -0.1) is 0 Å². The van der Waals surface area contributed by atoms with Crippen LogP contribution in [-0.4, -0.2) is 47.7 Å². The molecule has 2 rings (SSSR count). The number of nitrogens with one attached hydrogen (secondary N) is 2. The summed E-state index contributed by atoms with van der Waals surface area (Å²) < 4.78 is 5.17. The van der Waals surface area contributed by atoms with Gasteiger partial charge in [-0.1, -0.05) is 24.3 Å². The monoisotopic (exact) mass is 389 g/mol. The highest BCUT2D eigenvalue weighted by Gasteiger charge is 2.30. The highest BCUT2D eigenvalue weighted by Crippen LogP contribution is 2.24. The van der Waals surface area contributed by atoms with Crippen LogP contribution in [0, 0.1) is 0 Å². The van der Waals surface area contributed by atoms with E-state index in [1.807, 2.05) is 20.8 Å². The average Bonchev–Trinajstić information content (AvgIpc) is 2.62. The van der Waals surface area contributed by atoms with Crippen LogP contribution in [0.15, 0.2) is 24.3 Å². The predicted octanol–water partition coefficient (Wildman–Crippen LogP) is 3.24. The summed E-state index contributed by atoms with van der Waals surface area (Å²) in [5.74, 6) is 0.0106. The van der Waals surface area contributed by atoms with E-state index in [9.17, 15) is 9.59 Å². The molecular formula is C22H35N3O3. The summed E-state index contributed by atoms with van der Waals surface area (Å²) in [7, 11) is 0. The van der Waals surface area contributed by atoms with Crippen LogP contribution in [0.2, 0.25) is 0 Å². The number of carbonyl (C=O) groups is 2. The van der Waals surface area contributed by atoms with E-state index in [2.05, 4.69) is 53.6 Å². The third kappa shape index (κ3) is 7.15. The van der Waals surface area contributed by atoms with Crippen LogP contribution >= 0.6 is 0 Å². The summed E-state index contributed by atoms with van der Waals surface area (Å²) in [5.41, 5.74) is 2.18. The van der Waals surface area contributed by atoms with Gasteiger partial charge in [0.15, 0.2) is 0 Å². The molecule has 156 valence electrons. The number of rotatable bonds is 7. The number of alkyl carbamates (subject to hydrolysis) is 1. The summed E-state index contributed by atoms with van der Waals surface area (Å²) in [6.07, 6.45) is 1.57. The first-order valence-corrected chi connectivity index (χ1v) is 10.1. The maximum atomic E-state index is 12.2. The van der Waals surface area contributed by atoms with Gasteiger partial charge in [-0.3, -0.25) is 9.69 Å². The molecule has 1 aliphatic heterocycles. The molecule has 2 N–H and O–H groups in total. The minimum Gasteiger partial charge on any atom is -0.444 e. The molecule has 1 aliphatic rings. The minimum atomic E-state index is -0.512. The number of carbonyl (C=O) groups excluding carboxylic acids is 2. The Morgan fingerprint density at radius 3 is 2.43 bits per heavy atom. The molecule has 1 aromatic rings. The van der Waals surface area contributed by atoms with Crippen molar-refractivity contribution < 1.29 is 14.3 Å². The van der Waals surface area contributed by atoms with Gasteiger partial charge < -0.3 is 15.4 Å². The van der Waals surface area contributed by atoms with Gasteiger partial charge >= 0.3 is 6.09 Å². The van der Waals surface area contributed by atoms with Crippen molar-refractivity contribution in [2.45, 2.75) is 71.6 Å². The van der Waals surface area contributed by atoms with Crippen molar-refractivity contribution in [2.75, 3.05) is 19.6 Å². The summed E-state index contributed by atoms with van der Waals surface area (Å²) in [6, 6.07) is 8.57. The molecule has 0 bridgehead atoms. The van der Waals surface area contributed by atoms with Gasteiger partial charge in [0, 0.05) is 38.1 Å². The van der Waals surface area contributed by atoms with Crippen LogP contribution < -0.4 is 10.6 Å². The lowest BCUT2D eigenvalue weighted by atomic mass is 9.94. The fourth-order valence-electron chi connectivity index (χ4n) is 3.28. The van der Waals surface area contributed by atoms with E-state index in [4.69, 9.17) is 4.74 Å². The van der Waals surface area contributed by atoms with Gasteiger partial charge in [-0.25, -0.2) is 4.79 Å². The molecule has 28 heavy (non-hydrogen) atoms. The second kappa shape index (κ2) is 9.41. The molecule has 0 aromatic heterocycles. The van der Waals surface area contributed by atoms with E-state index in [0.717, 1.165) is 19.5 Å². The second-order valence-corrected chi connectivity index (χ2v) is 9.06. The zero-order valence-electron chi connectivity index (χ0n) is 17.9. The van der Waals surface area contributed by atoms with E-state index in [-0.39, 0.29) is 11.4 Å². The first-order valence-electron chi connectivity index (χ1n) is 10.1. The molecule has 6 nitrogen and oxygen atoms in total. The maximum absolute atomic E-state index is 12.2. The molecule has 1 heterocycles. The van der Waals surface area contributed by atoms with Crippen molar-refractivity contribution in [2.24, 2.45) is 0 Å². The van der Waals surface area contributed by atoms with Crippen molar-refractivity contribution in [3.63, 3.8) is 0 Å². The summed E-state index contributed by atoms with van der Waals surface area (Å²) in [4.78, 5) is 26.2. The third-order valence-electron chi connectivity index (χ3n) is 4.95. The summed E-state index contributed by atoms with van der Waals surface area (Å²) in [5, 5.41) is 5.72. The fourth-order valence-corrected chi connectivity index (χ4v) is 3.28. The standard InChI is InChI=1S/C22H35N3O3/c1-21(2,3)28-20(27)23-13-8-11-19(26)24-16-22(4,5)25-14-12-17-9-6-7-10-18(17)15-25/h6-7,9-10H,8,11-16H2,1-5H3,(H,23,27)(H,24,26). The predicted molar refractivity (Wildman–Crippen MR) is 111 cm³/mol. The molecule has 2 amide bonds. The Balaban J connectivity index is 1.68. The van der Waals surface area contributed by atoms with Gasteiger partial charge in [0.25, 0.3) is 0 Å². The van der Waals surface area contributed by atoms with Crippen LogP contribution in [0.4, 0.5) is 4.79 Å². The molecule has 0 saturated carbocycles. The zero-order valence-corrected chi connectivity index (χ0v) is 17.9. The zero-order chi connectivity index (χ0) is 20.8. The highest BCUT2D eigenvalue weighted by molar-refractivity contribution is 5.76. The maximum Gasteiger partial charge on any atom is 0.407 e. The van der Waals surface area contributed by atoms with Crippen LogP contribution in [0.25, 0.3) is 0 Å². The SMILES string of the molecule is CC(C)(C)OC(=O)NCCCC(=O)NCC(C)(C)N1CCc2ccccc2C1. The van der Waals surface area contributed by atoms with Gasteiger partial charge in [-0.05, 0) is 58.6 Å². The molecular weight excluding hydrogens is 354 g/mol. The number of fused-ring (bicyclic) bond motifs is 1. The van der Waals surface area contributed by atoms with Crippen molar-refractivity contribution in [1.29, 1.82) is 0 Å². The van der Waals surface area contributed by atoms with E-state index < -0.39 is 11.7 Å². The number of benzene rings is 1. The van der Waals surface area contributed by atoms with E-state index in [1.54, 1.807) is 0 Å². The fraction of sp³-hybridized carbons (Fsp3) is 0.636. The third-order valence-corrected chi connectivity index (χ3v) is 4.95. The topological polar surface area (TPSA) is 70.7 Å². The number of ether oxygens (including phenoxy) is 1. The molecule has 0 unspecified atom stereocenters. The van der Waals surface area contributed by atoms with Crippen LogP contribution in [-0.2, 0) is 22.5 Å². The summed E-state index contributed by atoms with van der Waals surface area (Å²) in [6.45, 7) is 12.8. The van der Waals surface area contributed by atoms with E-state index in [0.29, 0.717) is 25.9 Å². The van der Waals surface area contributed by atoms with Gasteiger partial charge in [0.05, 0.1) is 0 Å². The minimum absolute atomic E-state index is 0.0106. The quantitative estimate of drug-likeness (QED) is 0.703. The van der Waals surface area contributed by atoms with Gasteiger partial charge in [0.2, 0.25) is 5.91 Å². The Morgan fingerprint density at radius 2 is 1.75 bits per heavy atom. The lowest BCUT2D eigenvalue weighted by molar-refractivity contribution is -0.121. The Morgan fingerprint density at radius 1 is 1.07 bits per heavy atom. The Labute approximate surface area is 169 Å². The van der Waals surface area contributed by atoms with Crippen molar-refractivity contribution in [1.82, 2.24) is 15.5 Å². The van der Waals surface area contributed by atoms with Crippen LogP contribution in [0.1, 0.15) is 58.6 Å². The van der Waals surface area contributed by atoms with Crippen LogP contribution in [0.5, 0.6) is 0 Å². The molecule has 0 fully saturated rings. The Bertz CT molecular complexity index is 680. The Hall–Kier alpha value is -2.08. The van der Waals surface area contributed by atoms with Gasteiger partial charge in [-0.2, -0.15) is 0 Å². The van der Waals surface area contributed by atoms with Crippen molar-refractivity contribution in [3.8, 4) is 0 Å². The summed E-state index contributed by atoms with van der Waals surface area (Å²) >= 11 is 0. The molecule has 0 aliphatic carbocycles. The molecule has 0 saturated heterocycles. The highest BCUT2D eigenvalue weighted by atomic mass is 16.6. The van der Waals surface area contributed by atoms with Crippen LogP contribution in [0.3, 0.4) is 0 Å². The first-order chi connectivity index (χ1) is 13.1. The molecule has 0 spiro atoms. The first kappa shape index (κ1) is 22.2. The number of hydrogen-bond acceptors (Lipinski definition) is 4.